The number of nitro groups is 1. The van der Waals surface area contributed by atoms with Crippen LogP contribution in [0.5, 0.6) is 0 Å². The molecule has 1 fully saturated rings. The number of hydrogen-bond acceptors (Lipinski definition) is 5. The van der Waals surface area contributed by atoms with Crippen LogP contribution in [0.25, 0.3) is 0 Å². The number of nitro benzene ring substituents is 1. The van der Waals surface area contributed by atoms with Crippen molar-refractivity contribution >= 4 is 23.2 Å². The van der Waals surface area contributed by atoms with Crippen LogP contribution in [-0.4, -0.2) is 46.7 Å². The molecule has 2 rings (SSSR count). The van der Waals surface area contributed by atoms with Gasteiger partial charge in [0.2, 0.25) is 0 Å². The Morgan fingerprint density at radius 3 is 2.65 bits per heavy atom. The highest BCUT2D eigenvalue weighted by Crippen LogP contribution is 2.26. The lowest BCUT2D eigenvalue weighted by atomic mass is 10.1. The second-order valence-electron chi connectivity index (χ2n) is 4.56. The van der Waals surface area contributed by atoms with Crippen LogP contribution in [0.15, 0.2) is 18.2 Å². The van der Waals surface area contributed by atoms with E-state index in [1.54, 1.807) is 13.1 Å². The molecule has 8 heteroatoms. The van der Waals surface area contributed by atoms with Crippen LogP contribution in [0.2, 0.25) is 0 Å². The average molecular weight is 278 g/mol. The highest BCUT2D eigenvalue weighted by atomic mass is 16.6. The van der Waals surface area contributed by atoms with Gasteiger partial charge in [0, 0.05) is 38.3 Å². The summed E-state index contributed by atoms with van der Waals surface area (Å²) in [5.74, 6) is -1.20. The summed E-state index contributed by atoms with van der Waals surface area (Å²) in [7, 11) is 1.55. The molecule has 20 heavy (non-hydrogen) atoms. The lowest BCUT2D eigenvalue weighted by molar-refractivity contribution is -0.384. The van der Waals surface area contributed by atoms with E-state index in [1.807, 2.05) is 0 Å². The molecule has 1 saturated heterocycles. The molecule has 106 valence electrons. The highest BCUT2D eigenvalue weighted by molar-refractivity contribution is 6.35. The zero-order valence-electron chi connectivity index (χ0n) is 10.9. The first-order valence-electron chi connectivity index (χ1n) is 5.98. The van der Waals surface area contributed by atoms with E-state index in [2.05, 4.69) is 0 Å². The van der Waals surface area contributed by atoms with Crippen LogP contribution < -0.4 is 5.73 Å². The predicted octanol–water partition coefficient (Wildman–Crippen LogP) is -0.0224. The molecule has 1 aliphatic rings. The number of amides is 2. The molecule has 1 aromatic rings. The second kappa shape index (κ2) is 5.16. The average Bonchev–Trinajstić information content (AvgIpc) is 2.41. The number of rotatable bonds is 3. The summed E-state index contributed by atoms with van der Waals surface area (Å²) in [6.45, 7) is 0.897. The number of carbonyl (C=O) groups excluding carboxylic acids is 2. The first-order chi connectivity index (χ1) is 9.41. The molecule has 1 aromatic carbocycles. The topological polar surface area (TPSA) is 110 Å². The monoisotopic (exact) mass is 278 g/mol. The van der Waals surface area contributed by atoms with E-state index in [0.29, 0.717) is 18.7 Å². The third kappa shape index (κ3) is 2.40. The first-order valence-corrected chi connectivity index (χ1v) is 5.98. The second-order valence-corrected chi connectivity index (χ2v) is 4.56. The fourth-order valence-electron chi connectivity index (χ4n) is 2.03. The van der Waals surface area contributed by atoms with E-state index in [4.69, 9.17) is 5.73 Å². The number of nitrogens with zero attached hydrogens (tertiary/aromatic N) is 3. The molecule has 0 spiro atoms. The number of anilines is 1. The molecule has 0 aromatic heterocycles. The summed E-state index contributed by atoms with van der Waals surface area (Å²) in [6, 6.07) is 4.42. The van der Waals surface area contributed by atoms with Crippen LogP contribution in [0.3, 0.4) is 0 Å². The smallest absolute Gasteiger partial charge is 0.312 e. The van der Waals surface area contributed by atoms with Gasteiger partial charge in [-0.2, -0.15) is 0 Å². The van der Waals surface area contributed by atoms with Gasteiger partial charge in [0.15, 0.2) is 0 Å². The highest BCUT2D eigenvalue weighted by Gasteiger charge is 2.30. The van der Waals surface area contributed by atoms with Crippen molar-refractivity contribution in [2.75, 3.05) is 25.9 Å². The van der Waals surface area contributed by atoms with Gasteiger partial charge in [0.25, 0.3) is 5.69 Å². The van der Waals surface area contributed by atoms with Crippen molar-refractivity contribution in [3.63, 3.8) is 0 Å². The fourth-order valence-corrected chi connectivity index (χ4v) is 2.03. The summed E-state index contributed by atoms with van der Waals surface area (Å²) < 4.78 is 0. The largest absolute Gasteiger partial charge is 0.393 e. The minimum Gasteiger partial charge on any atom is -0.393 e. The zero-order chi connectivity index (χ0) is 14.9. The van der Waals surface area contributed by atoms with Crippen molar-refractivity contribution in [3.05, 3.63) is 33.9 Å². The molecule has 2 amide bonds. The zero-order valence-corrected chi connectivity index (χ0v) is 10.9. The quantitative estimate of drug-likeness (QED) is 0.361. The number of para-hydroxylation sites is 1. The Bertz CT molecular complexity index is 587. The van der Waals surface area contributed by atoms with Gasteiger partial charge < -0.3 is 15.5 Å². The maximum absolute atomic E-state index is 11.8. The van der Waals surface area contributed by atoms with Gasteiger partial charge in [-0.15, -0.1) is 0 Å². The normalized spacial score (nSPS) is 15.7. The Balaban J connectivity index is 2.23. The number of benzene rings is 1. The van der Waals surface area contributed by atoms with E-state index in [-0.39, 0.29) is 17.9 Å². The Labute approximate surface area is 114 Å². The van der Waals surface area contributed by atoms with Gasteiger partial charge in [-0.3, -0.25) is 19.7 Å². The van der Waals surface area contributed by atoms with E-state index in [0.717, 1.165) is 0 Å². The van der Waals surface area contributed by atoms with Crippen LogP contribution >= 0.6 is 0 Å². The summed E-state index contributed by atoms with van der Waals surface area (Å²) in [4.78, 5) is 36.3. The number of hydrogen-bond donors (Lipinski definition) is 1. The van der Waals surface area contributed by atoms with E-state index in [1.165, 1.54) is 21.9 Å². The SMILES string of the molecule is CN1CCN(Cc2cccc([N+](=O)[O-])c2N)C(=O)C1=O. The lowest BCUT2D eigenvalue weighted by Gasteiger charge is -2.31. The molecule has 2 N–H and O–H groups in total. The third-order valence-corrected chi connectivity index (χ3v) is 3.25. The van der Waals surface area contributed by atoms with Crippen molar-refractivity contribution in [1.29, 1.82) is 0 Å². The lowest BCUT2D eigenvalue weighted by Crippen LogP contribution is -2.52. The van der Waals surface area contributed by atoms with Gasteiger partial charge >= 0.3 is 11.8 Å². The van der Waals surface area contributed by atoms with Gasteiger partial charge in [0.1, 0.15) is 5.69 Å². The summed E-state index contributed by atoms with van der Waals surface area (Å²) in [6.07, 6.45) is 0. The van der Waals surface area contributed by atoms with Gasteiger partial charge in [-0.05, 0) is 0 Å². The van der Waals surface area contributed by atoms with Crippen LogP contribution in [0.1, 0.15) is 5.56 Å². The Morgan fingerprint density at radius 2 is 2.00 bits per heavy atom. The third-order valence-electron chi connectivity index (χ3n) is 3.25. The van der Waals surface area contributed by atoms with Gasteiger partial charge in [-0.25, -0.2) is 0 Å². The predicted molar refractivity (Wildman–Crippen MR) is 70.6 cm³/mol. The number of nitrogen functional groups attached to an aromatic ring is 1. The van der Waals surface area contributed by atoms with E-state index >= 15 is 0 Å². The number of carbonyl (C=O) groups is 2. The molecule has 0 unspecified atom stereocenters. The molecule has 8 nitrogen and oxygen atoms in total. The minimum absolute atomic E-state index is 0.0247. The number of likely N-dealkylation sites (N-methyl/N-ethyl adjacent to an activating group) is 1. The Morgan fingerprint density at radius 1 is 1.30 bits per heavy atom. The van der Waals surface area contributed by atoms with Crippen LogP contribution in [0.4, 0.5) is 11.4 Å². The molecule has 0 bridgehead atoms. The number of piperazine rings is 1. The Hall–Kier alpha value is -2.64. The van der Waals surface area contributed by atoms with Crippen molar-refractivity contribution in [2.45, 2.75) is 6.54 Å². The first kappa shape index (κ1) is 13.8. The van der Waals surface area contributed by atoms with Crippen LogP contribution in [0, 0.1) is 10.1 Å². The maximum Gasteiger partial charge on any atom is 0.312 e. The molecule has 0 aliphatic carbocycles. The van der Waals surface area contributed by atoms with Crippen molar-refractivity contribution in [3.8, 4) is 0 Å². The van der Waals surface area contributed by atoms with Crippen molar-refractivity contribution < 1.29 is 14.5 Å². The molecule has 0 atom stereocenters. The summed E-state index contributed by atoms with van der Waals surface area (Å²) >= 11 is 0. The summed E-state index contributed by atoms with van der Waals surface area (Å²) in [5, 5.41) is 10.8. The standard InChI is InChI=1S/C12H14N4O4/c1-14-5-6-15(12(18)11(14)17)7-8-3-2-4-9(10(8)13)16(19)20/h2-4H,5-7,13H2,1H3. The summed E-state index contributed by atoms with van der Waals surface area (Å²) in [5.41, 5.74) is 6.02. The van der Waals surface area contributed by atoms with E-state index in [9.17, 15) is 19.7 Å². The molecule has 1 aliphatic heterocycles. The van der Waals surface area contributed by atoms with Gasteiger partial charge in [0.05, 0.1) is 4.92 Å². The minimum atomic E-state index is -0.621. The molecule has 0 saturated carbocycles. The maximum atomic E-state index is 11.8. The van der Waals surface area contributed by atoms with Gasteiger partial charge in [-0.1, -0.05) is 12.1 Å². The molecule has 0 radical (unpaired) electrons. The number of nitrogens with two attached hydrogens (primary N) is 1. The molecular weight excluding hydrogens is 264 g/mol. The van der Waals surface area contributed by atoms with E-state index < -0.39 is 16.7 Å². The van der Waals surface area contributed by atoms with Crippen molar-refractivity contribution in [1.82, 2.24) is 9.80 Å². The Kier molecular flexibility index (Phi) is 3.55. The molecular formula is C12H14N4O4. The fraction of sp³-hybridized carbons (Fsp3) is 0.333. The van der Waals surface area contributed by atoms with Crippen LogP contribution in [-0.2, 0) is 16.1 Å². The molecule has 1 heterocycles. The van der Waals surface area contributed by atoms with Crippen molar-refractivity contribution in [2.24, 2.45) is 0 Å².